The third kappa shape index (κ3) is 7.07. The van der Waals surface area contributed by atoms with Gasteiger partial charge < -0.3 is 20.1 Å². The predicted molar refractivity (Wildman–Crippen MR) is 188 cm³/mol. The number of halogens is 3. The van der Waals surface area contributed by atoms with E-state index in [4.69, 9.17) is 0 Å². The van der Waals surface area contributed by atoms with Gasteiger partial charge in [0.1, 0.15) is 5.69 Å². The van der Waals surface area contributed by atoms with Gasteiger partial charge in [0.05, 0.1) is 29.3 Å². The van der Waals surface area contributed by atoms with E-state index in [0.717, 1.165) is 10.2 Å². The third-order valence-corrected chi connectivity index (χ3v) is 9.00. The van der Waals surface area contributed by atoms with Gasteiger partial charge in [-0.1, -0.05) is 6.92 Å². The molecule has 6 aromatic rings. The van der Waals surface area contributed by atoms with Gasteiger partial charge in [0.25, 0.3) is 17.7 Å². The van der Waals surface area contributed by atoms with Crippen molar-refractivity contribution in [3.05, 3.63) is 119 Å². The Bertz CT molecular complexity index is 2340. The third-order valence-electron chi connectivity index (χ3n) is 9.00. The van der Waals surface area contributed by atoms with Gasteiger partial charge in [0.15, 0.2) is 5.69 Å². The molecule has 1 aliphatic rings. The molecule has 0 radical (unpaired) electrons. The van der Waals surface area contributed by atoms with E-state index in [9.17, 15) is 27.6 Å². The molecular weight excluding hydrogens is 689 g/mol. The lowest BCUT2D eigenvalue weighted by Gasteiger charge is -2.31. The fourth-order valence-corrected chi connectivity index (χ4v) is 6.58. The number of carbonyl (C=O) groups is 3. The highest BCUT2D eigenvalue weighted by molar-refractivity contribution is 6.15. The fourth-order valence-electron chi connectivity index (χ4n) is 6.58. The summed E-state index contributed by atoms with van der Waals surface area (Å²) in [6, 6.07) is 8.76. The number of amides is 3. The van der Waals surface area contributed by atoms with E-state index in [0.29, 0.717) is 45.3 Å². The number of carbonyl (C=O) groups excluding carboxylic acids is 3. The Morgan fingerprint density at radius 1 is 0.906 bits per heavy atom. The molecule has 0 bridgehead atoms. The number of aromatic nitrogens is 7. The minimum absolute atomic E-state index is 0.101. The molecule has 0 atom stereocenters. The summed E-state index contributed by atoms with van der Waals surface area (Å²) in [4.78, 5) is 58.4. The highest BCUT2D eigenvalue weighted by atomic mass is 19.4. The van der Waals surface area contributed by atoms with Crippen molar-refractivity contribution < 1.29 is 27.6 Å². The molecule has 0 saturated heterocycles. The van der Waals surface area contributed by atoms with Crippen molar-refractivity contribution in [1.29, 1.82) is 0 Å². The topological polar surface area (TPSA) is 153 Å². The highest BCUT2D eigenvalue weighted by Gasteiger charge is 2.39. The number of hydrogen-bond donors (Lipinski definition) is 2. The average Bonchev–Trinajstić information content (AvgIpc) is 3.82. The summed E-state index contributed by atoms with van der Waals surface area (Å²) in [5.41, 5.74) is 2.74. The first-order chi connectivity index (χ1) is 25.5. The van der Waals surface area contributed by atoms with Crippen LogP contribution in [0.5, 0.6) is 0 Å². The second-order valence-electron chi connectivity index (χ2n) is 12.5. The van der Waals surface area contributed by atoms with Crippen LogP contribution >= 0.6 is 0 Å². The number of alkyl halides is 3. The van der Waals surface area contributed by atoms with Crippen LogP contribution < -0.4 is 15.5 Å². The molecule has 0 unspecified atom stereocenters. The van der Waals surface area contributed by atoms with Crippen LogP contribution in [0.4, 0.5) is 18.9 Å². The van der Waals surface area contributed by atoms with E-state index in [2.05, 4.69) is 35.7 Å². The molecule has 2 N–H and O–H groups in total. The van der Waals surface area contributed by atoms with Crippen LogP contribution in [0.3, 0.4) is 0 Å². The van der Waals surface area contributed by atoms with Crippen LogP contribution in [0, 0.1) is 0 Å². The number of nitrogens with one attached hydrogen (secondary N) is 2. The Labute approximate surface area is 300 Å². The molecule has 3 amide bonds. The van der Waals surface area contributed by atoms with E-state index in [-0.39, 0.29) is 49.4 Å². The van der Waals surface area contributed by atoms with Crippen molar-refractivity contribution in [2.24, 2.45) is 7.05 Å². The minimum Gasteiger partial charge on any atom is -0.350 e. The maximum absolute atomic E-state index is 14.5. The van der Waals surface area contributed by atoms with Crippen LogP contribution in [0.15, 0.2) is 80.0 Å². The number of fused-ring (bicyclic) bond motifs is 2. The summed E-state index contributed by atoms with van der Waals surface area (Å²) in [5, 5.41) is 9.83. The van der Waals surface area contributed by atoms with Crippen LogP contribution in [0.1, 0.15) is 60.5 Å². The van der Waals surface area contributed by atoms with Gasteiger partial charge >= 0.3 is 6.18 Å². The predicted octanol–water partition coefficient (Wildman–Crippen LogP) is 4.61. The first kappa shape index (κ1) is 35.0. The molecule has 4 aromatic heterocycles. The molecule has 0 spiro atoms. The molecule has 270 valence electrons. The molecular formula is C37H33F3N10O3. The molecule has 0 fully saturated rings. The number of aryl methyl sites for hydroxylation is 2. The maximum Gasteiger partial charge on any atom is 0.435 e. The molecule has 53 heavy (non-hydrogen) atoms. The molecule has 16 heteroatoms. The van der Waals surface area contributed by atoms with Crippen LogP contribution in [0.2, 0.25) is 0 Å². The van der Waals surface area contributed by atoms with Crippen molar-refractivity contribution in [3.63, 3.8) is 0 Å². The average molecular weight is 723 g/mol. The number of pyridine rings is 1. The quantitative estimate of drug-likeness (QED) is 0.195. The van der Waals surface area contributed by atoms with Crippen molar-refractivity contribution in [2.45, 2.75) is 32.5 Å². The second-order valence-corrected chi connectivity index (χ2v) is 12.5. The van der Waals surface area contributed by atoms with E-state index >= 15 is 0 Å². The molecule has 1 aliphatic heterocycles. The lowest BCUT2D eigenvalue weighted by atomic mass is 9.87. The van der Waals surface area contributed by atoms with Crippen molar-refractivity contribution in [3.8, 4) is 11.1 Å². The van der Waals surface area contributed by atoms with Crippen LogP contribution in [-0.4, -0.2) is 71.6 Å². The number of imidazole rings is 1. The second kappa shape index (κ2) is 14.3. The summed E-state index contributed by atoms with van der Waals surface area (Å²) in [6.07, 6.45) is 8.13. The lowest BCUT2D eigenvalue weighted by molar-refractivity contribution is -0.141. The first-order valence-corrected chi connectivity index (χ1v) is 16.8. The summed E-state index contributed by atoms with van der Waals surface area (Å²) in [6.45, 7) is 2.65. The van der Waals surface area contributed by atoms with Gasteiger partial charge in [-0.15, -0.1) is 0 Å². The first-order valence-electron chi connectivity index (χ1n) is 16.8. The van der Waals surface area contributed by atoms with Crippen molar-refractivity contribution in [2.75, 3.05) is 24.5 Å². The van der Waals surface area contributed by atoms with Crippen molar-refractivity contribution in [1.82, 2.24) is 44.9 Å². The van der Waals surface area contributed by atoms with Gasteiger partial charge in [-0.3, -0.25) is 29.0 Å². The number of anilines is 1. The fraction of sp³-hybridized carbons (Fsp3) is 0.243. The van der Waals surface area contributed by atoms with Gasteiger partial charge in [-0.05, 0) is 65.4 Å². The van der Waals surface area contributed by atoms with Gasteiger partial charge in [-0.2, -0.15) is 18.3 Å². The SMILES string of the molecule is CCc1cc(C(=O)NCCNC(=O)c2cnccn2)c2nccc(N3CCc4c(cc(Cn5ccnc5)cc4-c4cn(C)nc4C(F)(F)F)C3=O)c2c1. The molecule has 13 nitrogen and oxygen atoms in total. The Morgan fingerprint density at radius 3 is 2.42 bits per heavy atom. The molecule has 0 aliphatic carbocycles. The minimum atomic E-state index is -4.71. The van der Waals surface area contributed by atoms with Crippen molar-refractivity contribution >= 4 is 34.3 Å². The van der Waals surface area contributed by atoms with Gasteiger partial charge in [-0.25, -0.2) is 9.97 Å². The van der Waals surface area contributed by atoms with Crippen LogP contribution in [0.25, 0.3) is 22.0 Å². The zero-order valence-corrected chi connectivity index (χ0v) is 28.7. The Balaban J connectivity index is 1.22. The van der Waals surface area contributed by atoms with E-state index in [1.807, 2.05) is 13.0 Å². The lowest BCUT2D eigenvalue weighted by Crippen LogP contribution is -2.38. The number of rotatable bonds is 10. The molecule has 0 saturated carbocycles. The summed E-state index contributed by atoms with van der Waals surface area (Å²) in [5.74, 6) is -1.23. The Kier molecular flexibility index (Phi) is 9.43. The van der Waals surface area contributed by atoms with Gasteiger partial charge in [0, 0.05) is 86.9 Å². The molecule has 7 rings (SSSR count). The number of hydrogen-bond acceptors (Lipinski definition) is 8. The van der Waals surface area contributed by atoms with Crippen LogP contribution in [-0.2, 0) is 32.6 Å². The smallest absolute Gasteiger partial charge is 0.350 e. The summed E-state index contributed by atoms with van der Waals surface area (Å²) >= 11 is 0. The zero-order chi connectivity index (χ0) is 37.3. The Hall–Kier alpha value is -6.45. The van der Waals surface area contributed by atoms with E-state index in [1.165, 1.54) is 38.0 Å². The van der Waals surface area contributed by atoms with E-state index < -0.39 is 29.6 Å². The monoisotopic (exact) mass is 722 g/mol. The summed E-state index contributed by atoms with van der Waals surface area (Å²) in [7, 11) is 1.43. The standard InChI is InChI=1S/C37H33F3N10O3/c1-3-22-14-27-31(4-6-44-32(27)28(15-22)34(51)45-9-10-46-35(52)30-18-41-7-8-43-30)50-12-5-24-25(29-20-48(2)47-33(29)37(38,39)40)16-23(17-26(24)36(50)53)19-49-13-11-42-21-49/h4,6-8,11,13-18,20-21H,3,5,9-10,12,19H2,1-2H3,(H,45,51)(H,46,52). The summed E-state index contributed by atoms with van der Waals surface area (Å²) < 4.78 is 45.5. The number of benzene rings is 2. The molecule has 2 aromatic carbocycles. The largest absolute Gasteiger partial charge is 0.435 e. The van der Waals surface area contributed by atoms with E-state index in [1.54, 1.807) is 52.5 Å². The van der Waals surface area contributed by atoms with Gasteiger partial charge in [0.2, 0.25) is 0 Å². The highest BCUT2D eigenvalue weighted by Crippen LogP contribution is 2.41. The maximum atomic E-state index is 14.5. The Morgan fingerprint density at radius 2 is 1.70 bits per heavy atom. The molecule has 5 heterocycles. The number of nitrogens with zero attached hydrogens (tertiary/aromatic N) is 8. The zero-order valence-electron chi connectivity index (χ0n) is 28.7. The normalized spacial score (nSPS) is 12.9.